The van der Waals surface area contributed by atoms with E-state index in [9.17, 15) is 9.59 Å². The Morgan fingerprint density at radius 1 is 1.08 bits per heavy atom. The summed E-state index contributed by atoms with van der Waals surface area (Å²) >= 11 is 0. The molecule has 6 nitrogen and oxygen atoms in total. The first kappa shape index (κ1) is 16.2. The number of rotatable bonds is 3. The number of carbonyl (C=O) groups is 1. The lowest BCUT2D eigenvalue weighted by molar-refractivity contribution is -0.135. The summed E-state index contributed by atoms with van der Waals surface area (Å²) in [6.45, 7) is 2.46. The molecule has 4 rings (SSSR count). The Bertz CT molecular complexity index is 818. The van der Waals surface area contributed by atoms with E-state index in [-0.39, 0.29) is 11.5 Å². The zero-order valence-electron chi connectivity index (χ0n) is 14.4. The van der Waals surface area contributed by atoms with Crippen LogP contribution in [0.15, 0.2) is 29.1 Å². The van der Waals surface area contributed by atoms with Crippen molar-refractivity contribution in [3.8, 4) is 0 Å². The normalized spacial score (nSPS) is 23.9. The standard InChI is InChI=1S/C19H24N4O2/c24-18(22-11-3-4-12-22)15-9-7-14(8-10-15)13-23-19(25)16-5-1-2-6-17(16)20-21-23/h1-2,5-6,14-15H,3-4,7-13H2. The van der Waals surface area contributed by atoms with Crippen LogP contribution in [-0.4, -0.2) is 38.9 Å². The number of nitrogens with zero attached hydrogens (tertiary/aromatic N) is 4. The Kier molecular flexibility index (Phi) is 4.51. The molecule has 1 aliphatic heterocycles. The molecule has 1 amide bonds. The summed E-state index contributed by atoms with van der Waals surface area (Å²) in [5.41, 5.74) is 0.574. The lowest BCUT2D eigenvalue weighted by Crippen LogP contribution is -2.36. The van der Waals surface area contributed by atoms with Crippen LogP contribution in [0.2, 0.25) is 0 Å². The number of benzene rings is 1. The molecule has 1 aromatic carbocycles. The molecule has 6 heteroatoms. The summed E-state index contributed by atoms with van der Waals surface area (Å²) in [5, 5.41) is 8.87. The topological polar surface area (TPSA) is 68.1 Å². The minimum absolute atomic E-state index is 0.0686. The second kappa shape index (κ2) is 6.94. The molecule has 2 heterocycles. The van der Waals surface area contributed by atoms with Crippen LogP contribution in [0.4, 0.5) is 0 Å². The monoisotopic (exact) mass is 340 g/mol. The Morgan fingerprint density at radius 2 is 1.80 bits per heavy atom. The fraction of sp³-hybridized carbons (Fsp3) is 0.579. The van der Waals surface area contributed by atoms with E-state index in [1.807, 2.05) is 23.1 Å². The predicted molar refractivity (Wildman–Crippen MR) is 95.1 cm³/mol. The highest BCUT2D eigenvalue weighted by molar-refractivity contribution is 5.79. The highest BCUT2D eigenvalue weighted by atomic mass is 16.2. The van der Waals surface area contributed by atoms with Gasteiger partial charge in [0.25, 0.3) is 5.56 Å². The molecule has 1 saturated heterocycles. The summed E-state index contributed by atoms with van der Waals surface area (Å²) in [6, 6.07) is 7.32. The van der Waals surface area contributed by atoms with Crippen molar-refractivity contribution in [1.29, 1.82) is 0 Å². The summed E-state index contributed by atoms with van der Waals surface area (Å²) < 4.78 is 1.50. The molecule has 0 unspecified atom stereocenters. The van der Waals surface area contributed by atoms with Crippen molar-refractivity contribution >= 4 is 16.8 Å². The fourth-order valence-corrected chi connectivity index (χ4v) is 4.18. The lowest BCUT2D eigenvalue weighted by atomic mass is 9.81. The van der Waals surface area contributed by atoms with Crippen LogP contribution >= 0.6 is 0 Å². The molecule has 2 fully saturated rings. The molecular formula is C19H24N4O2. The van der Waals surface area contributed by atoms with Crippen molar-refractivity contribution in [3.63, 3.8) is 0 Å². The van der Waals surface area contributed by atoms with Gasteiger partial charge in [-0.3, -0.25) is 9.59 Å². The van der Waals surface area contributed by atoms with E-state index in [4.69, 9.17) is 0 Å². The Hall–Kier alpha value is -2.24. The van der Waals surface area contributed by atoms with Gasteiger partial charge in [0.1, 0.15) is 5.52 Å². The SMILES string of the molecule is O=C(C1CCC(Cn2nnc3ccccc3c2=O)CC1)N1CCCC1. The van der Waals surface area contributed by atoms with Crippen LogP contribution in [-0.2, 0) is 11.3 Å². The van der Waals surface area contributed by atoms with Crippen LogP contribution in [0, 0.1) is 11.8 Å². The molecule has 2 aliphatic rings. The fourth-order valence-electron chi connectivity index (χ4n) is 4.18. The van der Waals surface area contributed by atoms with Gasteiger partial charge in [-0.15, -0.1) is 5.10 Å². The van der Waals surface area contributed by atoms with Crippen molar-refractivity contribution < 1.29 is 4.79 Å². The van der Waals surface area contributed by atoms with Gasteiger partial charge in [-0.05, 0) is 56.6 Å². The third-order valence-electron chi connectivity index (χ3n) is 5.67. The molecule has 25 heavy (non-hydrogen) atoms. The van der Waals surface area contributed by atoms with Crippen LogP contribution in [0.1, 0.15) is 38.5 Å². The summed E-state index contributed by atoms with van der Waals surface area (Å²) in [5.74, 6) is 0.920. The van der Waals surface area contributed by atoms with Crippen LogP contribution in [0.25, 0.3) is 10.9 Å². The van der Waals surface area contributed by atoms with E-state index in [0.717, 1.165) is 51.6 Å². The first-order valence-corrected chi connectivity index (χ1v) is 9.34. The lowest BCUT2D eigenvalue weighted by Gasteiger charge is -2.30. The van der Waals surface area contributed by atoms with Crippen molar-refractivity contribution in [2.45, 2.75) is 45.1 Å². The highest BCUT2D eigenvalue weighted by Gasteiger charge is 2.30. The van der Waals surface area contributed by atoms with Gasteiger partial charge in [-0.25, -0.2) is 4.68 Å². The van der Waals surface area contributed by atoms with E-state index < -0.39 is 0 Å². The van der Waals surface area contributed by atoms with E-state index in [0.29, 0.717) is 29.3 Å². The number of amides is 1. The van der Waals surface area contributed by atoms with Crippen molar-refractivity contribution in [2.24, 2.45) is 11.8 Å². The number of likely N-dealkylation sites (tertiary alicyclic amines) is 1. The van der Waals surface area contributed by atoms with Gasteiger partial charge >= 0.3 is 0 Å². The van der Waals surface area contributed by atoms with Gasteiger partial charge in [-0.2, -0.15) is 0 Å². The predicted octanol–water partition coefficient (Wildman–Crippen LogP) is 2.22. The maximum absolute atomic E-state index is 12.5. The number of carbonyl (C=O) groups excluding carboxylic acids is 1. The average molecular weight is 340 g/mol. The molecule has 132 valence electrons. The molecule has 0 radical (unpaired) electrons. The largest absolute Gasteiger partial charge is 0.342 e. The van der Waals surface area contributed by atoms with Crippen LogP contribution < -0.4 is 5.56 Å². The van der Waals surface area contributed by atoms with Gasteiger partial charge in [0.15, 0.2) is 0 Å². The minimum atomic E-state index is -0.0686. The van der Waals surface area contributed by atoms with Crippen molar-refractivity contribution in [1.82, 2.24) is 19.9 Å². The Morgan fingerprint density at radius 3 is 2.56 bits per heavy atom. The first-order valence-electron chi connectivity index (χ1n) is 9.34. The van der Waals surface area contributed by atoms with E-state index in [1.165, 1.54) is 4.68 Å². The Balaban J connectivity index is 1.39. The third-order valence-corrected chi connectivity index (χ3v) is 5.67. The van der Waals surface area contributed by atoms with Gasteiger partial charge in [0.05, 0.1) is 5.39 Å². The Labute approximate surface area is 146 Å². The van der Waals surface area contributed by atoms with E-state index in [2.05, 4.69) is 10.3 Å². The maximum atomic E-state index is 12.5. The number of aromatic nitrogens is 3. The molecule has 0 N–H and O–H groups in total. The summed E-state index contributed by atoms with van der Waals surface area (Å²) in [7, 11) is 0. The molecule has 2 aromatic rings. The third kappa shape index (κ3) is 3.30. The second-order valence-corrected chi connectivity index (χ2v) is 7.34. The van der Waals surface area contributed by atoms with E-state index >= 15 is 0 Å². The van der Waals surface area contributed by atoms with Gasteiger partial charge < -0.3 is 4.90 Å². The molecule has 0 bridgehead atoms. The smallest absolute Gasteiger partial charge is 0.277 e. The quantitative estimate of drug-likeness (QED) is 0.859. The maximum Gasteiger partial charge on any atom is 0.277 e. The van der Waals surface area contributed by atoms with Crippen molar-refractivity contribution in [2.75, 3.05) is 13.1 Å². The van der Waals surface area contributed by atoms with Gasteiger partial charge in [-0.1, -0.05) is 17.3 Å². The molecule has 1 aromatic heterocycles. The zero-order valence-corrected chi connectivity index (χ0v) is 14.4. The van der Waals surface area contributed by atoms with Gasteiger partial charge in [0, 0.05) is 25.6 Å². The summed E-state index contributed by atoms with van der Waals surface area (Å²) in [6.07, 6.45) is 6.09. The number of hydrogen-bond donors (Lipinski definition) is 0. The van der Waals surface area contributed by atoms with E-state index in [1.54, 1.807) is 6.07 Å². The average Bonchev–Trinajstić information content (AvgIpc) is 3.19. The van der Waals surface area contributed by atoms with Crippen molar-refractivity contribution in [3.05, 3.63) is 34.6 Å². The molecule has 0 atom stereocenters. The number of hydrogen-bond acceptors (Lipinski definition) is 4. The zero-order chi connectivity index (χ0) is 17.2. The molecule has 1 aliphatic carbocycles. The van der Waals surface area contributed by atoms with Gasteiger partial charge in [0.2, 0.25) is 5.91 Å². The highest BCUT2D eigenvalue weighted by Crippen LogP contribution is 2.31. The van der Waals surface area contributed by atoms with Crippen LogP contribution in [0.3, 0.4) is 0 Å². The molecule has 0 spiro atoms. The number of fused-ring (bicyclic) bond motifs is 1. The minimum Gasteiger partial charge on any atom is -0.342 e. The van der Waals surface area contributed by atoms with Crippen LogP contribution in [0.5, 0.6) is 0 Å². The second-order valence-electron chi connectivity index (χ2n) is 7.34. The molecule has 1 saturated carbocycles. The summed E-state index contributed by atoms with van der Waals surface area (Å²) in [4.78, 5) is 27.1. The first-order chi connectivity index (χ1) is 12.2. The molecular weight excluding hydrogens is 316 g/mol.